The zero-order valence-corrected chi connectivity index (χ0v) is 13.5. The van der Waals surface area contributed by atoms with Gasteiger partial charge >= 0.3 is 6.09 Å². The second-order valence-corrected chi connectivity index (χ2v) is 6.38. The highest BCUT2D eigenvalue weighted by molar-refractivity contribution is 5.97. The van der Waals surface area contributed by atoms with Crippen LogP contribution in [0.1, 0.15) is 47.2 Å². The molecule has 2 aromatic carbocycles. The van der Waals surface area contributed by atoms with Crippen LogP contribution < -0.4 is 5.32 Å². The molecule has 124 valence electrons. The Kier molecular flexibility index (Phi) is 4.65. The van der Waals surface area contributed by atoms with Gasteiger partial charge in [-0.3, -0.25) is 4.79 Å². The van der Waals surface area contributed by atoms with Crippen molar-refractivity contribution < 1.29 is 14.7 Å². The summed E-state index contributed by atoms with van der Waals surface area (Å²) in [5.74, 6) is 0.0689. The number of Topliss-reactive ketones (excluding diaryl/α,β-unsaturated/α-hetero) is 1. The molecule has 0 atom stereocenters. The minimum atomic E-state index is -0.999. The van der Waals surface area contributed by atoms with Crippen LogP contribution in [-0.2, 0) is 12.0 Å². The fourth-order valence-electron chi connectivity index (χ4n) is 3.53. The molecule has 0 spiro atoms. The molecule has 1 saturated carbocycles. The van der Waals surface area contributed by atoms with Gasteiger partial charge in [-0.15, -0.1) is 0 Å². The molecule has 2 N–H and O–H groups in total. The van der Waals surface area contributed by atoms with Gasteiger partial charge in [-0.1, -0.05) is 67.4 Å². The Hall–Kier alpha value is -2.62. The molecule has 3 rings (SSSR count). The van der Waals surface area contributed by atoms with Gasteiger partial charge in [0.05, 0.1) is 5.54 Å². The molecule has 1 aliphatic carbocycles. The summed E-state index contributed by atoms with van der Waals surface area (Å²) in [5.41, 5.74) is 2.09. The molecular weight excluding hydrogens is 302 g/mol. The van der Waals surface area contributed by atoms with E-state index in [1.54, 1.807) is 0 Å². The summed E-state index contributed by atoms with van der Waals surface area (Å²) < 4.78 is 0. The van der Waals surface area contributed by atoms with Crippen molar-refractivity contribution in [2.75, 3.05) is 0 Å². The van der Waals surface area contributed by atoms with Crippen molar-refractivity contribution >= 4 is 11.9 Å². The first-order chi connectivity index (χ1) is 11.6. The van der Waals surface area contributed by atoms with Gasteiger partial charge in [0.25, 0.3) is 0 Å². The lowest BCUT2D eigenvalue weighted by atomic mass is 9.87. The second kappa shape index (κ2) is 6.87. The third kappa shape index (κ3) is 3.48. The number of nitrogens with one attached hydrogen (secondary N) is 1. The lowest BCUT2D eigenvalue weighted by Crippen LogP contribution is -2.43. The van der Waals surface area contributed by atoms with E-state index < -0.39 is 11.6 Å². The maximum absolute atomic E-state index is 12.4. The lowest BCUT2D eigenvalue weighted by molar-refractivity contribution is 0.0992. The molecule has 0 saturated heterocycles. The van der Waals surface area contributed by atoms with Crippen molar-refractivity contribution in [3.63, 3.8) is 0 Å². The van der Waals surface area contributed by atoms with E-state index in [9.17, 15) is 9.59 Å². The van der Waals surface area contributed by atoms with E-state index in [0.717, 1.165) is 36.8 Å². The van der Waals surface area contributed by atoms with Gasteiger partial charge in [-0.25, -0.2) is 4.79 Å². The number of rotatable bonds is 5. The van der Waals surface area contributed by atoms with Crippen LogP contribution in [0.5, 0.6) is 0 Å². The van der Waals surface area contributed by atoms with E-state index in [1.165, 1.54) is 0 Å². The average Bonchev–Trinajstić information content (AvgIpc) is 3.05. The third-order valence-electron chi connectivity index (χ3n) is 4.77. The number of carbonyl (C=O) groups is 2. The molecule has 1 aliphatic rings. The fraction of sp³-hybridized carbons (Fsp3) is 0.300. The smallest absolute Gasteiger partial charge is 0.405 e. The summed E-state index contributed by atoms with van der Waals surface area (Å²) in [6.07, 6.45) is 3.00. The molecule has 0 aromatic heterocycles. The van der Waals surface area contributed by atoms with Crippen LogP contribution in [0.3, 0.4) is 0 Å². The summed E-state index contributed by atoms with van der Waals surface area (Å²) >= 11 is 0. The Bertz CT molecular complexity index is 716. The van der Waals surface area contributed by atoms with Crippen molar-refractivity contribution in [3.8, 4) is 0 Å². The van der Waals surface area contributed by atoms with E-state index in [1.807, 2.05) is 54.6 Å². The number of hydrogen-bond acceptors (Lipinski definition) is 2. The van der Waals surface area contributed by atoms with Crippen LogP contribution in [0.25, 0.3) is 0 Å². The second-order valence-electron chi connectivity index (χ2n) is 6.38. The fourth-order valence-corrected chi connectivity index (χ4v) is 3.53. The lowest BCUT2D eigenvalue weighted by Gasteiger charge is -2.29. The monoisotopic (exact) mass is 323 g/mol. The van der Waals surface area contributed by atoms with Gasteiger partial charge in [-0.2, -0.15) is 0 Å². The highest BCUT2D eigenvalue weighted by Gasteiger charge is 2.37. The van der Waals surface area contributed by atoms with E-state index in [0.29, 0.717) is 12.0 Å². The largest absolute Gasteiger partial charge is 0.465 e. The van der Waals surface area contributed by atoms with Gasteiger partial charge in [-0.05, 0) is 24.0 Å². The first kappa shape index (κ1) is 16.2. The molecule has 1 amide bonds. The van der Waals surface area contributed by atoms with Crippen LogP contribution in [0.2, 0.25) is 0 Å². The Balaban J connectivity index is 1.77. The predicted octanol–water partition coefficient (Wildman–Crippen LogP) is 4.15. The highest BCUT2D eigenvalue weighted by atomic mass is 16.4. The summed E-state index contributed by atoms with van der Waals surface area (Å²) in [6, 6.07) is 17.1. The van der Waals surface area contributed by atoms with Crippen molar-refractivity contribution in [3.05, 3.63) is 71.3 Å². The molecule has 0 radical (unpaired) electrons. The van der Waals surface area contributed by atoms with Crippen molar-refractivity contribution in [2.45, 2.75) is 37.6 Å². The van der Waals surface area contributed by atoms with E-state index in [-0.39, 0.29) is 5.78 Å². The maximum Gasteiger partial charge on any atom is 0.405 e. The first-order valence-corrected chi connectivity index (χ1v) is 8.28. The number of hydrogen-bond donors (Lipinski definition) is 2. The predicted molar refractivity (Wildman–Crippen MR) is 92.2 cm³/mol. The summed E-state index contributed by atoms with van der Waals surface area (Å²) in [4.78, 5) is 23.5. The molecule has 1 fully saturated rings. The van der Waals surface area contributed by atoms with Crippen molar-refractivity contribution in [1.29, 1.82) is 0 Å². The van der Waals surface area contributed by atoms with Gasteiger partial charge < -0.3 is 10.4 Å². The molecule has 24 heavy (non-hydrogen) atoms. The van der Waals surface area contributed by atoms with Gasteiger partial charge in [0.2, 0.25) is 0 Å². The first-order valence-electron chi connectivity index (χ1n) is 8.28. The zero-order chi connectivity index (χ0) is 17.0. The Morgan fingerprint density at radius 2 is 1.58 bits per heavy atom. The normalized spacial score (nSPS) is 15.8. The third-order valence-corrected chi connectivity index (χ3v) is 4.77. The Morgan fingerprint density at radius 3 is 2.17 bits per heavy atom. The Morgan fingerprint density at radius 1 is 0.958 bits per heavy atom. The molecule has 0 unspecified atom stereocenters. The minimum Gasteiger partial charge on any atom is -0.465 e. The molecule has 2 aromatic rings. The van der Waals surface area contributed by atoms with E-state index in [4.69, 9.17) is 5.11 Å². The van der Waals surface area contributed by atoms with Crippen LogP contribution >= 0.6 is 0 Å². The summed E-state index contributed by atoms with van der Waals surface area (Å²) in [5, 5.41) is 11.8. The van der Waals surface area contributed by atoms with Crippen molar-refractivity contribution in [2.24, 2.45) is 0 Å². The quantitative estimate of drug-likeness (QED) is 0.812. The molecule has 4 heteroatoms. The summed E-state index contributed by atoms with van der Waals surface area (Å²) in [6.45, 7) is 0. The zero-order valence-electron chi connectivity index (χ0n) is 13.5. The number of benzene rings is 2. The molecule has 0 bridgehead atoms. The average molecular weight is 323 g/mol. The highest BCUT2D eigenvalue weighted by Crippen LogP contribution is 2.38. The van der Waals surface area contributed by atoms with Crippen LogP contribution in [-0.4, -0.2) is 17.0 Å². The van der Waals surface area contributed by atoms with Crippen molar-refractivity contribution in [1.82, 2.24) is 5.32 Å². The van der Waals surface area contributed by atoms with Gasteiger partial charge in [0.15, 0.2) is 5.78 Å². The minimum absolute atomic E-state index is 0.0689. The molecule has 0 heterocycles. The topological polar surface area (TPSA) is 66.4 Å². The number of carboxylic acid groups (broad SMARTS) is 1. The van der Waals surface area contributed by atoms with Crippen LogP contribution in [0.4, 0.5) is 4.79 Å². The number of ketones is 1. The van der Waals surface area contributed by atoms with Gasteiger partial charge in [0.1, 0.15) is 0 Å². The van der Waals surface area contributed by atoms with Crippen LogP contribution in [0, 0.1) is 0 Å². The number of carbonyl (C=O) groups excluding carboxylic acids is 1. The van der Waals surface area contributed by atoms with Gasteiger partial charge in [0, 0.05) is 12.0 Å². The SMILES string of the molecule is O=C(O)NC1(c2ccc(C(=O)Cc3ccccc3)cc2)CCCC1. The molecule has 4 nitrogen and oxygen atoms in total. The van der Waals surface area contributed by atoms with E-state index in [2.05, 4.69) is 5.32 Å². The standard InChI is InChI=1S/C20H21NO3/c22-18(14-15-6-2-1-3-7-15)16-8-10-17(11-9-16)20(21-19(23)24)12-4-5-13-20/h1-3,6-11,21H,4-5,12-14H2,(H,23,24). The van der Waals surface area contributed by atoms with Crippen LogP contribution in [0.15, 0.2) is 54.6 Å². The Labute approximate surface area is 141 Å². The summed E-state index contributed by atoms with van der Waals surface area (Å²) in [7, 11) is 0. The maximum atomic E-state index is 12.4. The molecule has 0 aliphatic heterocycles. The number of amides is 1. The van der Waals surface area contributed by atoms with E-state index >= 15 is 0 Å². The molecular formula is C20H21NO3.